The second-order valence-corrected chi connectivity index (χ2v) is 6.46. The number of nitrogens with zero attached hydrogens (tertiary/aromatic N) is 4. The molecule has 0 radical (unpaired) electrons. The molecule has 0 fully saturated rings. The Morgan fingerprint density at radius 1 is 1.50 bits per heavy atom. The summed E-state index contributed by atoms with van der Waals surface area (Å²) in [7, 11) is 1.87. The molecule has 1 atom stereocenters. The Hall–Kier alpha value is -1.95. The molecule has 128 valence electrons. The first-order chi connectivity index (χ1) is 11.5. The summed E-state index contributed by atoms with van der Waals surface area (Å²) < 4.78 is 16.0. The monoisotopic (exact) mass is 350 g/mol. The Morgan fingerprint density at radius 3 is 3.00 bits per heavy atom. The number of benzene rings is 1. The molecule has 1 aromatic heterocycles. The number of amides is 1. The molecule has 0 bridgehead atoms. The third kappa shape index (κ3) is 3.15. The number of aromatic nitrogens is 3. The first-order valence-electron chi connectivity index (χ1n) is 7.98. The molecule has 3 rings (SSSR count). The Morgan fingerprint density at radius 2 is 2.29 bits per heavy atom. The van der Waals surface area contributed by atoms with E-state index in [1.54, 1.807) is 15.6 Å². The van der Waals surface area contributed by atoms with Crippen LogP contribution in [0.4, 0.5) is 4.39 Å². The number of rotatable bonds is 4. The van der Waals surface area contributed by atoms with Gasteiger partial charge in [0.15, 0.2) is 0 Å². The fourth-order valence-electron chi connectivity index (χ4n) is 3.31. The van der Waals surface area contributed by atoms with Gasteiger partial charge in [0.25, 0.3) is 0 Å². The normalized spacial score (nSPS) is 16.8. The Balaban J connectivity index is 1.87. The van der Waals surface area contributed by atoms with Crippen LogP contribution in [0.1, 0.15) is 28.9 Å². The Kier molecular flexibility index (Phi) is 4.85. The maximum atomic E-state index is 14.2. The van der Waals surface area contributed by atoms with Crippen molar-refractivity contribution in [2.45, 2.75) is 38.8 Å². The zero-order valence-corrected chi connectivity index (χ0v) is 14.6. The topological polar surface area (TPSA) is 51.0 Å². The second-order valence-electron chi connectivity index (χ2n) is 6.19. The fraction of sp³-hybridized carbons (Fsp3) is 0.471. The van der Waals surface area contributed by atoms with Crippen LogP contribution in [0.25, 0.3) is 0 Å². The van der Waals surface area contributed by atoms with Crippen molar-refractivity contribution in [1.29, 1.82) is 0 Å². The van der Waals surface area contributed by atoms with Crippen molar-refractivity contribution in [1.82, 2.24) is 19.9 Å². The van der Waals surface area contributed by atoms with E-state index < -0.39 is 0 Å². The predicted octanol–water partition coefficient (Wildman–Crippen LogP) is 2.39. The molecule has 0 saturated carbocycles. The molecule has 7 heteroatoms. The Bertz CT molecular complexity index is 741. The van der Waals surface area contributed by atoms with Gasteiger partial charge in [0.1, 0.15) is 11.7 Å². The SMILES string of the molecule is Cc1cccc(F)c1CN(C(=O)CCl)C1CCc2c(nnn2C)C1. The van der Waals surface area contributed by atoms with Gasteiger partial charge in [-0.15, -0.1) is 16.7 Å². The van der Waals surface area contributed by atoms with E-state index in [4.69, 9.17) is 11.6 Å². The molecule has 1 amide bonds. The van der Waals surface area contributed by atoms with Gasteiger partial charge in [0.2, 0.25) is 5.91 Å². The molecule has 5 nitrogen and oxygen atoms in total. The van der Waals surface area contributed by atoms with Crippen molar-refractivity contribution in [3.63, 3.8) is 0 Å². The summed E-state index contributed by atoms with van der Waals surface area (Å²) in [6.45, 7) is 2.08. The average Bonchev–Trinajstić information content (AvgIpc) is 2.94. The highest BCUT2D eigenvalue weighted by atomic mass is 35.5. The summed E-state index contributed by atoms with van der Waals surface area (Å²) in [6, 6.07) is 4.91. The van der Waals surface area contributed by atoms with Gasteiger partial charge in [0, 0.05) is 31.6 Å². The summed E-state index contributed by atoms with van der Waals surface area (Å²) in [5.74, 6) is -0.591. The third-order valence-corrected chi connectivity index (χ3v) is 4.95. The van der Waals surface area contributed by atoms with E-state index in [-0.39, 0.29) is 30.2 Å². The molecule has 24 heavy (non-hydrogen) atoms. The number of aryl methyl sites for hydroxylation is 2. The average molecular weight is 351 g/mol. The number of alkyl halides is 1. The molecule has 1 aliphatic rings. The maximum Gasteiger partial charge on any atom is 0.238 e. The van der Waals surface area contributed by atoms with Gasteiger partial charge in [-0.25, -0.2) is 4.39 Å². The number of carbonyl (C=O) groups excluding carboxylic acids is 1. The quantitative estimate of drug-likeness (QED) is 0.795. The Labute approximate surface area is 145 Å². The third-order valence-electron chi connectivity index (χ3n) is 4.72. The predicted molar refractivity (Wildman–Crippen MR) is 89.2 cm³/mol. The van der Waals surface area contributed by atoms with Crippen molar-refractivity contribution < 1.29 is 9.18 Å². The molecule has 0 saturated heterocycles. The van der Waals surface area contributed by atoms with Gasteiger partial charge >= 0.3 is 0 Å². The van der Waals surface area contributed by atoms with Crippen LogP contribution in [0.5, 0.6) is 0 Å². The molecule has 2 aromatic rings. The molecule has 1 unspecified atom stereocenters. The van der Waals surface area contributed by atoms with E-state index in [1.807, 2.05) is 20.0 Å². The van der Waals surface area contributed by atoms with E-state index in [0.29, 0.717) is 12.0 Å². The molecule has 0 aliphatic heterocycles. The largest absolute Gasteiger partial charge is 0.334 e. The van der Waals surface area contributed by atoms with Crippen LogP contribution in [-0.4, -0.2) is 37.7 Å². The smallest absolute Gasteiger partial charge is 0.238 e. The van der Waals surface area contributed by atoms with E-state index >= 15 is 0 Å². The van der Waals surface area contributed by atoms with Gasteiger partial charge < -0.3 is 4.90 Å². The van der Waals surface area contributed by atoms with Crippen LogP contribution < -0.4 is 0 Å². The number of halogens is 2. The van der Waals surface area contributed by atoms with Gasteiger partial charge in [-0.3, -0.25) is 9.48 Å². The van der Waals surface area contributed by atoms with E-state index in [1.165, 1.54) is 6.07 Å². The summed E-state index contributed by atoms with van der Waals surface area (Å²) in [4.78, 5) is 14.1. The first kappa shape index (κ1) is 16.9. The number of hydrogen-bond donors (Lipinski definition) is 0. The molecular formula is C17H20ClFN4O. The lowest BCUT2D eigenvalue weighted by atomic mass is 9.93. The van der Waals surface area contributed by atoms with Crippen LogP contribution in [0.15, 0.2) is 18.2 Å². The lowest BCUT2D eigenvalue weighted by Gasteiger charge is -2.34. The van der Waals surface area contributed by atoms with E-state index in [9.17, 15) is 9.18 Å². The first-order valence-corrected chi connectivity index (χ1v) is 8.51. The van der Waals surface area contributed by atoms with Gasteiger partial charge in [-0.05, 0) is 31.4 Å². The molecular weight excluding hydrogens is 331 g/mol. The minimum Gasteiger partial charge on any atom is -0.334 e. The molecule has 1 aromatic carbocycles. The summed E-state index contributed by atoms with van der Waals surface area (Å²) in [5, 5.41) is 8.23. The maximum absolute atomic E-state index is 14.2. The van der Waals surface area contributed by atoms with Gasteiger partial charge in [-0.1, -0.05) is 17.3 Å². The zero-order chi connectivity index (χ0) is 17.3. The second kappa shape index (κ2) is 6.89. The van der Waals surface area contributed by atoms with E-state index in [2.05, 4.69) is 10.3 Å². The highest BCUT2D eigenvalue weighted by Gasteiger charge is 2.30. The van der Waals surface area contributed by atoms with Crippen molar-refractivity contribution in [3.8, 4) is 0 Å². The minimum atomic E-state index is -0.293. The van der Waals surface area contributed by atoms with Crippen molar-refractivity contribution in [2.75, 3.05) is 5.88 Å². The van der Waals surface area contributed by atoms with Crippen molar-refractivity contribution in [3.05, 3.63) is 46.5 Å². The van der Waals surface area contributed by atoms with Gasteiger partial charge in [0.05, 0.1) is 11.4 Å². The van der Waals surface area contributed by atoms with Crippen molar-refractivity contribution in [2.24, 2.45) is 7.05 Å². The standard InChI is InChI=1S/C17H20ClFN4O/c1-11-4-3-5-14(19)13(11)10-23(17(24)9-18)12-6-7-16-15(8-12)20-21-22(16)2/h3-5,12H,6-10H2,1-2H3. The molecule has 0 spiro atoms. The number of carbonyl (C=O) groups is 1. The summed E-state index contributed by atoms with van der Waals surface area (Å²) >= 11 is 5.80. The zero-order valence-electron chi connectivity index (χ0n) is 13.8. The highest BCUT2D eigenvalue weighted by Crippen LogP contribution is 2.25. The summed E-state index contributed by atoms with van der Waals surface area (Å²) in [6.07, 6.45) is 2.22. The fourth-order valence-corrected chi connectivity index (χ4v) is 3.47. The van der Waals surface area contributed by atoms with Crippen LogP contribution in [0.3, 0.4) is 0 Å². The van der Waals surface area contributed by atoms with Crippen molar-refractivity contribution >= 4 is 17.5 Å². The van der Waals surface area contributed by atoms with Crippen LogP contribution in [-0.2, 0) is 31.2 Å². The lowest BCUT2D eigenvalue weighted by molar-refractivity contribution is -0.131. The number of fused-ring (bicyclic) bond motifs is 1. The highest BCUT2D eigenvalue weighted by molar-refractivity contribution is 6.27. The van der Waals surface area contributed by atoms with Crippen LogP contribution >= 0.6 is 11.6 Å². The molecule has 1 aliphatic carbocycles. The summed E-state index contributed by atoms with van der Waals surface area (Å²) in [5.41, 5.74) is 3.39. The van der Waals surface area contributed by atoms with Crippen LogP contribution in [0.2, 0.25) is 0 Å². The molecule has 1 heterocycles. The van der Waals surface area contributed by atoms with Gasteiger partial charge in [-0.2, -0.15) is 0 Å². The van der Waals surface area contributed by atoms with Crippen LogP contribution in [0, 0.1) is 12.7 Å². The lowest BCUT2D eigenvalue weighted by Crippen LogP contribution is -2.44. The van der Waals surface area contributed by atoms with E-state index in [0.717, 1.165) is 29.8 Å². The number of hydrogen-bond acceptors (Lipinski definition) is 3. The minimum absolute atomic E-state index is 0.0422. The molecule has 0 N–H and O–H groups in total.